The second-order valence-electron chi connectivity index (χ2n) is 6.71. The van der Waals surface area contributed by atoms with E-state index >= 15 is 0 Å². The first-order valence-corrected chi connectivity index (χ1v) is 8.86. The Kier molecular flexibility index (Phi) is 4.22. The maximum atomic E-state index is 9.60. The Morgan fingerprint density at radius 2 is 2.00 bits per heavy atom. The lowest BCUT2D eigenvalue weighted by Crippen LogP contribution is -2.32. The van der Waals surface area contributed by atoms with E-state index in [1.54, 1.807) is 19.5 Å². The average Bonchev–Trinajstić information content (AvgIpc) is 3.14. The number of nitriles is 1. The fourth-order valence-electron chi connectivity index (χ4n) is 3.74. The van der Waals surface area contributed by atoms with Gasteiger partial charge in [0.2, 0.25) is 0 Å². The molecule has 26 heavy (non-hydrogen) atoms. The number of rotatable bonds is 3. The summed E-state index contributed by atoms with van der Waals surface area (Å²) < 4.78 is 12.0. The molecular formula is C22H20N2O2. The molecule has 4 rings (SSSR count). The van der Waals surface area contributed by atoms with Gasteiger partial charge >= 0.3 is 0 Å². The Hall–Kier alpha value is -3.06. The highest BCUT2D eigenvalue weighted by Gasteiger charge is 2.37. The maximum absolute atomic E-state index is 9.60. The quantitative estimate of drug-likeness (QED) is 0.745. The van der Waals surface area contributed by atoms with Crippen LogP contribution >= 0.6 is 0 Å². The molecule has 0 unspecified atom stereocenters. The van der Waals surface area contributed by atoms with E-state index in [1.165, 1.54) is 12.8 Å². The summed E-state index contributed by atoms with van der Waals surface area (Å²) in [4.78, 5) is 4.02. The highest BCUT2D eigenvalue weighted by molar-refractivity contribution is 5.92. The van der Waals surface area contributed by atoms with Gasteiger partial charge in [0, 0.05) is 18.0 Å². The number of aromatic nitrogens is 1. The Morgan fingerprint density at radius 3 is 2.69 bits per heavy atom. The first kappa shape index (κ1) is 16.4. The van der Waals surface area contributed by atoms with Gasteiger partial charge in [0.15, 0.2) is 11.5 Å². The molecule has 0 N–H and O–H groups in total. The Bertz CT molecular complexity index is 917. The van der Waals surface area contributed by atoms with Crippen molar-refractivity contribution in [2.24, 2.45) is 0 Å². The van der Waals surface area contributed by atoms with Crippen LogP contribution in [-0.2, 0) is 0 Å². The normalized spacial score (nSPS) is 17.5. The van der Waals surface area contributed by atoms with E-state index in [0.29, 0.717) is 5.57 Å². The van der Waals surface area contributed by atoms with Gasteiger partial charge in [0.25, 0.3) is 0 Å². The van der Waals surface area contributed by atoms with E-state index in [4.69, 9.17) is 9.47 Å². The summed E-state index contributed by atoms with van der Waals surface area (Å²) in [6, 6.07) is 9.84. The molecule has 2 aliphatic rings. The Labute approximate surface area is 153 Å². The number of benzene rings is 1. The molecule has 2 heterocycles. The Balaban J connectivity index is 1.80. The fourth-order valence-corrected chi connectivity index (χ4v) is 3.74. The van der Waals surface area contributed by atoms with Gasteiger partial charge in [-0.1, -0.05) is 12.1 Å². The van der Waals surface area contributed by atoms with Crippen LogP contribution in [0.15, 0.2) is 42.7 Å². The van der Waals surface area contributed by atoms with Crippen LogP contribution in [0.2, 0.25) is 0 Å². The molecule has 1 aromatic heterocycles. The van der Waals surface area contributed by atoms with Crippen molar-refractivity contribution in [3.05, 3.63) is 59.4 Å². The van der Waals surface area contributed by atoms with Crippen molar-refractivity contribution in [1.82, 2.24) is 4.98 Å². The molecule has 1 fully saturated rings. The topological polar surface area (TPSA) is 55.1 Å². The monoisotopic (exact) mass is 344 g/mol. The van der Waals surface area contributed by atoms with E-state index in [-0.39, 0.29) is 5.60 Å². The summed E-state index contributed by atoms with van der Waals surface area (Å²) >= 11 is 0. The van der Waals surface area contributed by atoms with Crippen molar-refractivity contribution >= 4 is 17.7 Å². The van der Waals surface area contributed by atoms with Gasteiger partial charge in [-0.3, -0.25) is 4.98 Å². The van der Waals surface area contributed by atoms with E-state index in [2.05, 4.69) is 23.2 Å². The van der Waals surface area contributed by atoms with Crippen molar-refractivity contribution in [3.63, 3.8) is 0 Å². The van der Waals surface area contributed by atoms with Crippen molar-refractivity contribution in [1.29, 1.82) is 5.26 Å². The largest absolute Gasteiger partial charge is 0.493 e. The molecular weight excluding hydrogens is 324 g/mol. The number of hydrogen-bond donors (Lipinski definition) is 0. The fraction of sp³-hybridized carbons (Fsp3) is 0.273. The predicted octanol–water partition coefficient (Wildman–Crippen LogP) is 4.87. The molecule has 0 bridgehead atoms. The van der Waals surface area contributed by atoms with Crippen LogP contribution in [0.1, 0.15) is 42.4 Å². The molecule has 4 nitrogen and oxygen atoms in total. The van der Waals surface area contributed by atoms with Gasteiger partial charge in [-0.25, -0.2) is 0 Å². The van der Waals surface area contributed by atoms with Crippen molar-refractivity contribution < 1.29 is 9.47 Å². The van der Waals surface area contributed by atoms with Gasteiger partial charge in [0.1, 0.15) is 5.60 Å². The zero-order chi connectivity index (χ0) is 18.0. The third-order valence-corrected chi connectivity index (χ3v) is 5.13. The first-order chi connectivity index (χ1) is 12.7. The third kappa shape index (κ3) is 2.86. The van der Waals surface area contributed by atoms with Crippen LogP contribution in [0.25, 0.3) is 17.7 Å². The summed E-state index contributed by atoms with van der Waals surface area (Å²) in [6.07, 6.45) is 14.0. The van der Waals surface area contributed by atoms with E-state index in [0.717, 1.165) is 41.0 Å². The molecule has 1 spiro atoms. The number of hydrogen-bond acceptors (Lipinski definition) is 4. The standard InChI is InChI=1S/C22H20N2O2/c1-25-20-5-4-17(14-18(15-23)16-7-12-24-13-8-16)19-6-11-22(26-21(19)20)9-2-3-10-22/h4-8,11-14H,2-3,9-10H2,1H3/b18-14-. The molecule has 0 atom stereocenters. The zero-order valence-corrected chi connectivity index (χ0v) is 14.7. The summed E-state index contributed by atoms with van der Waals surface area (Å²) in [7, 11) is 1.66. The number of methoxy groups -OCH3 is 1. The minimum absolute atomic E-state index is 0.203. The number of ether oxygens (including phenoxy) is 2. The van der Waals surface area contributed by atoms with Gasteiger partial charge in [-0.05, 0) is 67.2 Å². The number of fused-ring (bicyclic) bond motifs is 1. The molecule has 0 radical (unpaired) electrons. The van der Waals surface area contributed by atoms with Gasteiger partial charge in [-0.2, -0.15) is 5.26 Å². The minimum Gasteiger partial charge on any atom is -0.493 e. The van der Waals surface area contributed by atoms with Crippen LogP contribution in [0.3, 0.4) is 0 Å². The second-order valence-corrected chi connectivity index (χ2v) is 6.71. The molecule has 1 saturated carbocycles. The summed E-state index contributed by atoms with van der Waals surface area (Å²) in [5, 5.41) is 9.60. The van der Waals surface area contributed by atoms with Gasteiger partial charge < -0.3 is 9.47 Å². The van der Waals surface area contributed by atoms with Crippen molar-refractivity contribution in [2.75, 3.05) is 7.11 Å². The lowest BCUT2D eigenvalue weighted by molar-refractivity contribution is 0.120. The third-order valence-electron chi connectivity index (χ3n) is 5.13. The average molecular weight is 344 g/mol. The lowest BCUT2D eigenvalue weighted by atomic mass is 9.93. The highest BCUT2D eigenvalue weighted by Crippen LogP contribution is 2.46. The molecule has 0 amide bonds. The van der Waals surface area contributed by atoms with Crippen LogP contribution in [0.5, 0.6) is 11.5 Å². The maximum Gasteiger partial charge on any atom is 0.170 e. The summed E-state index contributed by atoms with van der Waals surface area (Å²) in [5.41, 5.74) is 3.14. The van der Waals surface area contributed by atoms with Crippen LogP contribution in [-0.4, -0.2) is 17.7 Å². The summed E-state index contributed by atoms with van der Waals surface area (Å²) in [5.74, 6) is 1.51. The van der Waals surface area contributed by atoms with Crippen LogP contribution in [0, 0.1) is 11.3 Å². The van der Waals surface area contributed by atoms with Crippen LogP contribution < -0.4 is 9.47 Å². The van der Waals surface area contributed by atoms with Gasteiger partial charge in [-0.15, -0.1) is 0 Å². The smallest absolute Gasteiger partial charge is 0.170 e. The molecule has 130 valence electrons. The van der Waals surface area contributed by atoms with Crippen molar-refractivity contribution in [2.45, 2.75) is 31.3 Å². The molecule has 0 saturated heterocycles. The molecule has 2 aromatic rings. The zero-order valence-electron chi connectivity index (χ0n) is 14.7. The molecule has 1 aromatic carbocycles. The SMILES string of the molecule is COc1ccc(/C=C(/C#N)c2ccncc2)c2c1OC1(C=C2)CCCC1. The molecule has 1 aliphatic heterocycles. The van der Waals surface area contributed by atoms with Gasteiger partial charge in [0.05, 0.1) is 18.8 Å². The van der Waals surface area contributed by atoms with E-state index in [1.807, 2.05) is 30.3 Å². The van der Waals surface area contributed by atoms with E-state index in [9.17, 15) is 5.26 Å². The lowest BCUT2D eigenvalue weighted by Gasteiger charge is -2.32. The molecule has 1 aliphatic carbocycles. The number of nitrogens with zero attached hydrogens (tertiary/aromatic N) is 2. The van der Waals surface area contributed by atoms with Crippen LogP contribution in [0.4, 0.5) is 0 Å². The van der Waals surface area contributed by atoms with E-state index < -0.39 is 0 Å². The highest BCUT2D eigenvalue weighted by atomic mass is 16.5. The molecule has 4 heteroatoms. The minimum atomic E-state index is -0.203. The summed E-state index contributed by atoms with van der Waals surface area (Å²) in [6.45, 7) is 0. The Morgan fingerprint density at radius 1 is 1.23 bits per heavy atom. The van der Waals surface area contributed by atoms with Crippen molar-refractivity contribution in [3.8, 4) is 17.6 Å². The first-order valence-electron chi connectivity index (χ1n) is 8.86. The number of allylic oxidation sites excluding steroid dienone is 1. The number of pyridine rings is 1. The predicted molar refractivity (Wildman–Crippen MR) is 102 cm³/mol. The second kappa shape index (κ2) is 6.68.